The Hall–Kier alpha value is -1.46. The van der Waals surface area contributed by atoms with Gasteiger partial charge in [0.05, 0.1) is 6.04 Å². The predicted molar refractivity (Wildman–Crippen MR) is 85.6 cm³/mol. The van der Waals surface area contributed by atoms with Gasteiger partial charge in [0.1, 0.15) is 17.6 Å². The average molecular weight is 300 g/mol. The van der Waals surface area contributed by atoms with Gasteiger partial charge < -0.3 is 4.74 Å². The maximum Gasteiger partial charge on any atom is 0.162 e. The molecule has 5 heteroatoms. The zero-order chi connectivity index (χ0) is 15.1. The van der Waals surface area contributed by atoms with Gasteiger partial charge in [-0.2, -0.15) is 0 Å². The SMILES string of the molecule is CC(C)N1CCCC1c1nc2cccnc2n1C1CCCO1. The molecule has 2 aromatic rings. The maximum absolute atomic E-state index is 5.97. The van der Waals surface area contributed by atoms with Crippen molar-refractivity contribution in [2.45, 2.75) is 57.8 Å². The number of aromatic nitrogens is 3. The Labute approximate surface area is 131 Å². The van der Waals surface area contributed by atoms with Gasteiger partial charge in [-0.15, -0.1) is 0 Å². The van der Waals surface area contributed by atoms with Crippen LogP contribution in [0.4, 0.5) is 0 Å². The minimum atomic E-state index is 0.101. The number of hydrogen-bond donors (Lipinski definition) is 0. The normalized spacial score (nSPS) is 26.5. The lowest BCUT2D eigenvalue weighted by molar-refractivity contribution is 0.0525. The summed E-state index contributed by atoms with van der Waals surface area (Å²) in [5, 5.41) is 0. The number of imidazole rings is 1. The highest BCUT2D eigenvalue weighted by atomic mass is 16.5. The summed E-state index contributed by atoms with van der Waals surface area (Å²) in [6, 6.07) is 4.95. The van der Waals surface area contributed by atoms with Crippen molar-refractivity contribution in [1.29, 1.82) is 0 Å². The minimum absolute atomic E-state index is 0.101. The van der Waals surface area contributed by atoms with Crippen molar-refractivity contribution < 1.29 is 4.74 Å². The van der Waals surface area contributed by atoms with Gasteiger partial charge in [0, 0.05) is 18.8 Å². The largest absolute Gasteiger partial charge is 0.358 e. The molecule has 2 aromatic heterocycles. The first-order valence-corrected chi connectivity index (χ1v) is 8.46. The lowest BCUT2D eigenvalue weighted by atomic mass is 10.2. The van der Waals surface area contributed by atoms with Crippen molar-refractivity contribution in [2.75, 3.05) is 13.2 Å². The summed E-state index contributed by atoms with van der Waals surface area (Å²) in [7, 11) is 0. The third kappa shape index (κ3) is 2.23. The molecule has 0 N–H and O–H groups in total. The Kier molecular flexibility index (Phi) is 3.62. The summed E-state index contributed by atoms with van der Waals surface area (Å²) in [5.41, 5.74) is 1.96. The van der Waals surface area contributed by atoms with Crippen LogP contribution in [0.15, 0.2) is 18.3 Å². The fourth-order valence-electron chi connectivity index (χ4n) is 3.91. The lowest BCUT2D eigenvalue weighted by Crippen LogP contribution is -2.32. The van der Waals surface area contributed by atoms with E-state index in [2.05, 4.69) is 34.4 Å². The highest BCUT2D eigenvalue weighted by Crippen LogP contribution is 2.37. The zero-order valence-electron chi connectivity index (χ0n) is 13.4. The van der Waals surface area contributed by atoms with Crippen molar-refractivity contribution >= 4 is 11.2 Å². The highest BCUT2D eigenvalue weighted by molar-refractivity contribution is 5.71. The van der Waals surface area contributed by atoms with Gasteiger partial charge >= 0.3 is 0 Å². The van der Waals surface area contributed by atoms with Crippen LogP contribution in [-0.4, -0.2) is 38.6 Å². The van der Waals surface area contributed by atoms with E-state index in [4.69, 9.17) is 9.72 Å². The molecular weight excluding hydrogens is 276 g/mol. The Bertz CT molecular complexity index is 660. The van der Waals surface area contributed by atoms with Gasteiger partial charge in [-0.25, -0.2) is 9.97 Å². The average Bonchev–Trinajstić information content (AvgIpc) is 3.24. The molecule has 118 valence electrons. The number of likely N-dealkylation sites (tertiary alicyclic amines) is 1. The molecule has 2 unspecified atom stereocenters. The summed E-state index contributed by atoms with van der Waals surface area (Å²) in [4.78, 5) is 12.1. The van der Waals surface area contributed by atoms with Crippen LogP contribution in [0.2, 0.25) is 0 Å². The Morgan fingerprint density at radius 2 is 2.18 bits per heavy atom. The van der Waals surface area contributed by atoms with Gasteiger partial charge in [-0.05, 0) is 58.2 Å². The Morgan fingerprint density at radius 3 is 2.95 bits per heavy atom. The molecule has 0 aromatic carbocycles. The number of nitrogens with zero attached hydrogens (tertiary/aromatic N) is 4. The van der Waals surface area contributed by atoms with E-state index in [9.17, 15) is 0 Å². The van der Waals surface area contributed by atoms with Crippen LogP contribution in [0.1, 0.15) is 57.6 Å². The Balaban J connectivity index is 1.84. The molecule has 4 heterocycles. The molecular formula is C17H24N4O. The highest BCUT2D eigenvalue weighted by Gasteiger charge is 2.34. The monoisotopic (exact) mass is 300 g/mol. The fourth-order valence-corrected chi connectivity index (χ4v) is 3.91. The standard InChI is InChI=1S/C17H24N4O/c1-12(2)20-10-4-7-14(20)17-19-13-6-3-9-18-16(13)21(17)15-8-5-11-22-15/h3,6,9,12,14-15H,4-5,7-8,10-11H2,1-2H3. The number of pyridine rings is 1. The van der Waals surface area contributed by atoms with Crippen LogP contribution in [-0.2, 0) is 4.74 Å². The van der Waals surface area contributed by atoms with E-state index in [1.165, 1.54) is 12.8 Å². The maximum atomic E-state index is 5.97. The lowest BCUT2D eigenvalue weighted by Gasteiger charge is -2.29. The van der Waals surface area contributed by atoms with Crippen LogP contribution in [0.25, 0.3) is 11.2 Å². The van der Waals surface area contributed by atoms with Gasteiger partial charge in [0.2, 0.25) is 0 Å². The third-order valence-corrected chi connectivity index (χ3v) is 4.93. The van der Waals surface area contributed by atoms with E-state index in [1.54, 1.807) is 0 Å². The van der Waals surface area contributed by atoms with E-state index >= 15 is 0 Å². The molecule has 22 heavy (non-hydrogen) atoms. The molecule has 2 saturated heterocycles. The van der Waals surface area contributed by atoms with E-state index in [-0.39, 0.29) is 6.23 Å². The molecule has 0 radical (unpaired) electrons. The summed E-state index contributed by atoms with van der Waals surface area (Å²) in [5.74, 6) is 1.15. The fraction of sp³-hybridized carbons (Fsp3) is 0.647. The van der Waals surface area contributed by atoms with E-state index in [1.807, 2.05) is 12.3 Å². The van der Waals surface area contributed by atoms with Crippen LogP contribution in [0.5, 0.6) is 0 Å². The molecule has 2 aliphatic heterocycles. The smallest absolute Gasteiger partial charge is 0.162 e. The van der Waals surface area contributed by atoms with Crippen molar-refractivity contribution in [3.8, 4) is 0 Å². The molecule has 0 aliphatic carbocycles. The van der Waals surface area contributed by atoms with E-state index in [0.29, 0.717) is 12.1 Å². The summed E-state index contributed by atoms with van der Waals surface area (Å²) >= 11 is 0. The quantitative estimate of drug-likeness (QED) is 0.872. The summed E-state index contributed by atoms with van der Waals surface area (Å²) in [6.45, 7) is 6.55. The van der Waals surface area contributed by atoms with Crippen molar-refractivity contribution in [3.05, 3.63) is 24.2 Å². The van der Waals surface area contributed by atoms with Gasteiger partial charge in [-0.1, -0.05) is 0 Å². The molecule has 4 rings (SSSR count). The van der Waals surface area contributed by atoms with Gasteiger partial charge in [0.15, 0.2) is 5.65 Å². The molecule has 0 amide bonds. The second-order valence-electron chi connectivity index (χ2n) is 6.64. The first-order chi connectivity index (χ1) is 10.8. The second-order valence-corrected chi connectivity index (χ2v) is 6.64. The first kappa shape index (κ1) is 14.2. The third-order valence-electron chi connectivity index (χ3n) is 4.93. The molecule has 0 spiro atoms. The topological polar surface area (TPSA) is 43.2 Å². The van der Waals surface area contributed by atoms with Crippen LogP contribution < -0.4 is 0 Å². The zero-order valence-corrected chi connectivity index (χ0v) is 13.4. The number of fused-ring (bicyclic) bond motifs is 1. The van der Waals surface area contributed by atoms with Crippen molar-refractivity contribution in [1.82, 2.24) is 19.4 Å². The molecule has 2 atom stereocenters. The van der Waals surface area contributed by atoms with Crippen LogP contribution >= 0.6 is 0 Å². The first-order valence-electron chi connectivity index (χ1n) is 8.46. The van der Waals surface area contributed by atoms with Crippen molar-refractivity contribution in [2.24, 2.45) is 0 Å². The number of hydrogen-bond acceptors (Lipinski definition) is 4. The molecule has 2 aliphatic rings. The van der Waals surface area contributed by atoms with E-state index in [0.717, 1.165) is 43.0 Å². The number of ether oxygens (including phenoxy) is 1. The van der Waals surface area contributed by atoms with Gasteiger partial charge in [-0.3, -0.25) is 9.47 Å². The molecule has 0 saturated carbocycles. The van der Waals surface area contributed by atoms with Crippen LogP contribution in [0, 0.1) is 0 Å². The summed E-state index contributed by atoms with van der Waals surface area (Å²) < 4.78 is 8.24. The van der Waals surface area contributed by atoms with E-state index < -0.39 is 0 Å². The Morgan fingerprint density at radius 1 is 1.27 bits per heavy atom. The summed E-state index contributed by atoms with van der Waals surface area (Å²) in [6.07, 6.45) is 6.55. The molecule has 2 fully saturated rings. The predicted octanol–water partition coefficient (Wildman–Crippen LogP) is 3.29. The van der Waals surface area contributed by atoms with Gasteiger partial charge in [0.25, 0.3) is 0 Å². The second kappa shape index (κ2) is 5.63. The molecule has 0 bridgehead atoms. The molecule has 5 nitrogen and oxygen atoms in total. The minimum Gasteiger partial charge on any atom is -0.358 e. The van der Waals surface area contributed by atoms with Crippen LogP contribution in [0.3, 0.4) is 0 Å². The van der Waals surface area contributed by atoms with Crippen molar-refractivity contribution in [3.63, 3.8) is 0 Å². The number of rotatable bonds is 3.